The van der Waals surface area contributed by atoms with E-state index in [1.165, 1.54) is 0 Å². The van der Waals surface area contributed by atoms with Gasteiger partial charge in [-0.25, -0.2) is 0 Å². The highest BCUT2D eigenvalue weighted by molar-refractivity contribution is 6.32. The van der Waals surface area contributed by atoms with Crippen molar-refractivity contribution in [3.05, 3.63) is 58.6 Å². The number of alkyl halides is 3. The molecule has 158 valence electrons. The molecule has 0 aromatic heterocycles. The maximum Gasteiger partial charge on any atom is 0.416 e. The maximum atomic E-state index is 12.6. The van der Waals surface area contributed by atoms with E-state index in [0.29, 0.717) is 5.75 Å². The number of ether oxygens (including phenoxy) is 2. The summed E-state index contributed by atoms with van der Waals surface area (Å²) in [6.07, 6.45) is -5.53. The van der Waals surface area contributed by atoms with Gasteiger partial charge in [-0.1, -0.05) is 30.7 Å². The van der Waals surface area contributed by atoms with E-state index in [4.69, 9.17) is 26.2 Å². The van der Waals surface area contributed by atoms with Crippen LogP contribution in [0, 0.1) is 0 Å². The van der Waals surface area contributed by atoms with Crippen LogP contribution in [0.15, 0.2) is 42.5 Å². The smallest absolute Gasteiger partial charge is 0.416 e. The van der Waals surface area contributed by atoms with Crippen LogP contribution in [0.25, 0.3) is 0 Å². The zero-order valence-corrected chi connectivity index (χ0v) is 16.2. The Morgan fingerprint density at radius 2 is 1.72 bits per heavy atom. The van der Waals surface area contributed by atoms with E-state index in [1.807, 2.05) is 0 Å². The van der Waals surface area contributed by atoms with Crippen molar-refractivity contribution in [3.8, 4) is 11.5 Å². The average molecular weight is 433 g/mol. The number of aliphatic hydroxyl groups excluding tert-OH is 1. The molecule has 2 aromatic carbocycles. The predicted molar refractivity (Wildman–Crippen MR) is 101 cm³/mol. The highest BCUT2D eigenvalue weighted by Gasteiger charge is 2.31. The minimum Gasteiger partial charge on any atom is -0.491 e. The number of aliphatic hydroxyl groups is 1. The molecule has 2 aromatic rings. The SMILES string of the molecule is CC(CC(=O)O)c1ccc(OCC(O)COc2ccc(C(F)(F)F)cc2Cl)cc1. The minimum atomic E-state index is -4.50. The van der Waals surface area contributed by atoms with Crippen molar-refractivity contribution >= 4 is 17.6 Å². The summed E-state index contributed by atoms with van der Waals surface area (Å²) in [7, 11) is 0. The zero-order chi connectivity index (χ0) is 21.6. The highest BCUT2D eigenvalue weighted by Crippen LogP contribution is 2.34. The number of halogens is 4. The van der Waals surface area contributed by atoms with Crippen molar-refractivity contribution < 1.29 is 37.7 Å². The fourth-order valence-corrected chi connectivity index (χ4v) is 2.73. The summed E-state index contributed by atoms with van der Waals surface area (Å²) in [5.41, 5.74) is -0.0413. The Bertz CT molecular complexity index is 824. The molecule has 0 aliphatic rings. The van der Waals surface area contributed by atoms with Gasteiger partial charge in [-0.2, -0.15) is 13.2 Å². The first-order valence-corrected chi connectivity index (χ1v) is 9.06. The fraction of sp³-hybridized carbons (Fsp3) is 0.350. The van der Waals surface area contributed by atoms with Gasteiger partial charge in [0.2, 0.25) is 0 Å². The van der Waals surface area contributed by atoms with Gasteiger partial charge in [0.25, 0.3) is 0 Å². The molecule has 2 rings (SSSR count). The lowest BCUT2D eigenvalue weighted by molar-refractivity contribution is -0.138. The van der Waals surface area contributed by atoms with E-state index >= 15 is 0 Å². The van der Waals surface area contributed by atoms with Gasteiger partial charge in [0.15, 0.2) is 0 Å². The monoisotopic (exact) mass is 432 g/mol. The Kier molecular flexibility index (Phi) is 7.75. The van der Waals surface area contributed by atoms with Crippen molar-refractivity contribution in [3.63, 3.8) is 0 Å². The zero-order valence-electron chi connectivity index (χ0n) is 15.4. The van der Waals surface area contributed by atoms with E-state index in [9.17, 15) is 23.1 Å². The summed E-state index contributed by atoms with van der Waals surface area (Å²) in [6.45, 7) is 1.47. The van der Waals surface area contributed by atoms with Crippen molar-refractivity contribution in [1.29, 1.82) is 0 Å². The molecule has 2 N–H and O–H groups in total. The lowest BCUT2D eigenvalue weighted by atomic mass is 9.98. The number of hydrogen-bond donors (Lipinski definition) is 2. The summed E-state index contributed by atoms with van der Waals surface area (Å²) in [5, 5.41) is 18.6. The number of benzene rings is 2. The van der Waals surface area contributed by atoms with E-state index in [-0.39, 0.29) is 36.3 Å². The van der Waals surface area contributed by atoms with E-state index in [1.54, 1.807) is 31.2 Å². The first-order valence-electron chi connectivity index (χ1n) is 8.68. The topological polar surface area (TPSA) is 76.0 Å². The predicted octanol–water partition coefficient (Wildman–Crippen LogP) is 4.76. The lowest BCUT2D eigenvalue weighted by Gasteiger charge is -2.16. The average Bonchev–Trinajstić information content (AvgIpc) is 2.64. The standard InChI is InChI=1S/C20H20ClF3O5/c1-12(8-19(26)27)13-2-5-16(6-3-13)28-10-15(25)11-29-18-7-4-14(9-17(18)21)20(22,23)24/h2-7,9,12,15,25H,8,10-11H2,1H3,(H,26,27). The van der Waals surface area contributed by atoms with Crippen molar-refractivity contribution in [2.45, 2.75) is 31.5 Å². The third-order valence-corrected chi connectivity index (χ3v) is 4.36. The van der Waals surface area contributed by atoms with Gasteiger partial charge in [0.1, 0.15) is 30.8 Å². The molecule has 0 heterocycles. The highest BCUT2D eigenvalue weighted by atomic mass is 35.5. The summed E-state index contributed by atoms with van der Waals surface area (Å²) in [4.78, 5) is 10.8. The molecular weight excluding hydrogens is 413 g/mol. The van der Waals surface area contributed by atoms with Crippen molar-refractivity contribution in [2.75, 3.05) is 13.2 Å². The first-order chi connectivity index (χ1) is 13.6. The molecule has 29 heavy (non-hydrogen) atoms. The third-order valence-electron chi connectivity index (χ3n) is 4.06. The van der Waals surface area contributed by atoms with Crippen LogP contribution in [0.3, 0.4) is 0 Å². The molecule has 0 amide bonds. The van der Waals surface area contributed by atoms with Crippen LogP contribution in [-0.2, 0) is 11.0 Å². The Morgan fingerprint density at radius 1 is 1.10 bits per heavy atom. The minimum absolute atomic E-state index is 0.0166. The largest absolute Gasteiger partial charge is 0.491 e. The van der Waals surface area contributed by atoms with E-state index < -0.39 is 23.8 Å². The summed E-state index contributed by atoms with van der Waals surface area (Å²) in [6, 6.07) is 9.50. The van der Waals surface area contributed by atoms with Crippen LogP contribution >= 0.6 is 11.6 Å². The van der Waals surface area contributed by atoms with Gasteiger partial charge in [0, 0.05) is 0 Å². The molecule has 0 aliphatic carbocycles. The second-order valence-corrected chi connectivity index (χ2v) is 6.89. The van der Waals surface area contributed by atoms with Gasteiger partial charge in [-0.3, -0.25) is 4.79 Å². The molecule has 0 fully saturated rings. The molecule has 0 radical (unpaired) electrons. The molecule has 0 spiro atoms. The second-order valence-electron chi connectivity index (χ2n) is 6.49. The molecular formula is C20H20ClF3O5. The van der Waals surface area contributed by atoms with Gasteiger partial charge in [-0.05, 0) is 41.8 Å². The number of carboxylic acid groups (broad SMARTS) is 1. The van der Waals surface area contributed by atoms with Crippen molar-refractivity contribution in [2.24, 2.45) is 0 Å². The first kappa shape index (κ1) is 22.8. The van der Waals surface area contributed by atoms with Crippen LogP contribution in [-0.4, -0.2) is 35.5 Å². The summed E-state index contributed by atoms with van der Waals surface area (Å²) < 4.78 is 48.5. The lowest BCUT2D eigenvalue weighted by Crippen LogP contribution is -2.25. The van der Waals surface area contributed by atoms with Crippen LogP contribution < -0.4 is 9.47 Å². The van der Waals surface area contributed by atoms with Crippen LogP contribution in [0.2, 0.25) is 5.02 Å². The molecule has 0 aliphatic heterocycles. The molecule has 0 bridgehead atoms. The molecule has 2 unspecified atom stereocenters. The van der Waals surface area contributed by atoms with Gasteiger partial charge in [-0.15, -0.1) is 0 Å². The number of rotatable bonds is 9. The molecule has 9 heteroatoms. The third kappa shape index (κ3) is 7.14. The van der Waals surface area contributed by atoms with Crippen LogP contribution in [0.5, 0.6) is 11.5 Å². The molecule has 5 nitrogen and oxygen atoms in total. The Hall–Kier alpha value is -2.45. The number of carboxylic acids is 1. The van der Waals surface area contributed by atoms with Crippen molar-refractivity contribution in [1.82, 2.24) is 0 Å². The second kappa shape index (κ2) is 9.84. The Labute approximate surface area is 170 Å². The van der Waals surface area contributed by atoms with E-state index in [0.717, 1.165) is 23.8 Å². The molecule has 0 saturated heterocycles. The Morgan fingerprint density at radius 3 is 2.28 bits per heavy atom. The number of hydrogen-bond acceptors (Lipinski definition) is 4. The summed E-state index contributed by atoms with van der Waals surface area (Å²) >= 11 is 5.79. The quantitative estimate of drug-likeness (QED) is 0.597. The normalized spacial score (nSPS) is 13.6. The van der Waals surface area contributed by atoms with Gasteiger partial charge in [0.05, 0.1) is 17.0 Å². The van der Waals surface area contributed by atoms with Gasteiger partial charge >= 0.3 is 12.1 Å². The maximum absolute atomic E-state index is 12.6. The Balaban J connectivity index is 1.83. The summed E-state index contributed by atoms with van der Waals surface area (Å²) in [5.74, 6) is -0.526. The molecule has 0 saturated carbocycles. The molecule has 2 atom stereocenters. The van der Waals surface area contributed by atoms with Crippen LogP contribution in [0.1, 0.15) is 30.4 Å². The van der Waals surface area contributed by atoms with Crippen LogP contribution in [0.4, 0.5) is 13.2 Å². The number of carbonyl (C=O) groups is 1. The fourth-order valence-electron chi connectivity index (χ4n) is 2.49. The van der Waals surface area contributed by atoms with E-state index in [2.05, 4.69) is 0 Å². The van der Waals surface area contributed by atoms with Gasteiger partial charge < -0.3 is 19.7 Å². The number of aliphatic carboxylic acids is 1.